The lowest BCUT2D eigenvalue weighted by Gasteiger charge is -2.27. The van der Waals surface area contributed by atoms with Gasteiger partial charge in [-0.15, -0.1) is 12.4 Å². The van der Waals surface area contributed by atoms with Gasteiger partial charge in [0.2, 0.25) is 5.95 Å². The van der Waals surface area contributed by atoms with Crippen molar-refractivity contribution in [3.05, 3.63) is 53.9 Å². The summed E-state index contributed by atoms with van der Waals surface area (Å²) in [7, 11) is 0. The van der Waals surface area contributed by atoms with Gasteiger partial charge in [-0.1, -0.05) is 18.2 Å². The minimum atomic E-state index is -4.43. The zero-order valence-corrected chi connectivity index (χ0v) is 16.4. The summed E-state index contributed by atoms with van der Waals surface area (Å²) in [4.78, 5) is 15.1. The molecule has 0 amide bonds. The lowest BCUT2D eigenvalue weighted by molar-refractivity contribution is -0.141. The number of hydrogen-bond donors (Lipinski definition) is 1. The first-order chi connectivity index (χ1) is 13.5. The van der Waals surface area contributed by atoms with Crippen molar-refractivity contribution in [1.82, 2.24) is 15.0 Å². The van der Waals surface area contributed by atoms with Crippen molar-refractivity contribution in [1.29, 1.82) is 0 Å². The SMILES string of the molecule is Cl.FC(F)(F)c1ccc(CNc2nc(N3CCCCC3)nc3ccccc23)cn1. The molecule has 1 fully saturated rings. The summed E-state index contributed by atoms with van der Waals surface area (Å²) in [5, 5.41) is 4.12. The molecular weight excluding hydrogens is 403 g/mol. The molecule has 0 saturated carbocycles. The monoisotopic (exact) mass is 423 g/mol. The largest absolute Gasteiger partial charge is 0.433 e. The molecule has 0 aliphatic carbocycles. The Morgan fingerprint density at radius 2 is 1.72 bits per heavy atom. The van der Waals surface area contributed by atoms with E-state index in [-0.39, 0.29) is 12.4 Å². The molecule has 154 valence electrons. The van der Waals surface area contributed by atoms with Crippen LogP contribution < -0.4 is 10.2 Å². The Hall–Kier alpha value is -2.61. The molecule has 9 heteroatoms. The average molecular weight is 424 g/mol. The molecular formula is C20H21ClF3N5. The third-order valence-electron chi connectivity index (χ3n) is 4.81. The smallest absolute Gasteiger partial charge is 0.365 e. The fourth-order valence-electron chi connectivity index (χ4n) is 3.32. The number of halogens is 4. The lowest BCUT2D eigenvalue weighted by atomic mass is 10.1. The number of fused-ring (bicyclic) bond motifs is 1. The summed E-state index contributed by atoms with van der Waals surface area (Å²) in [6, 6.07) is 10.1. The first-order valence-corrected chi connectivity index (χ1v) is 9.28. The van der Waals surface area contributed by atoms with Gasteiger partial charge in [0, 0.05) is 31.2 Å². The number of alkyl halides is 3. The van der Waals surface area contributed by atoms with E-state index in [1.165, 1.54) is 18.7 Å². The first-order valence-electron chi connectivity index (χ1n) is 9.28. The minimum Gasteiger partial charge on any atom is -0.365 e. The van der Waals surface area contributed by atoms with Gasteiger partial charge in [0.1, 0.15) is 11.5 Å². The van der Waals surface area contributed by atoms with Crippen LogP contribution in [0.15, 0.2) is 42.6 Å². The third-order valence-corrected chi connectivity index (χ3v) is 4.81. The predicted molar refractivity (Wildman–Crippen MR) is 109 cm³/mol. The molecule has 1 aliphatic rings. The second-order valence-electron chi connectivity index (χ2n) is 6.84. The van der Waals surface area contributed by atoms with Gasteiger partial charge in [-0.05, 0) is 43.0 Å². The Labute approximate surface area is 172 Å². The molecule has 29 heavy (non-hydrogen) atoms. The molecule has 1 saturated heterocycles. The van der Waals surface area contributed by atoms with Crippen molar-refractivity contribution in [2.75, 3.05) is 23.3 Å². The molecule has 0 radical (unpaired) electrons. The Kier molecular flexibility index (Phi) is 6.42. The number of benzene rings is 1. The van der Waals surface area contributed by atoms with E-state index in [1.54, 1.807) is 0 Å². The van der Waals surface area contributed by atoms with Crippen LogP contribution in [0.4, 0.5) is 24.9 Å². The van der Waals surface area contributed by atoms with E-state index in [0.717, 1.165) is 42.9 Å². The highest BCUT2D eigenvalue weighted by Crippen LogP contribution is 2.28. The van der Waals surface area contributed by atoms with Crippen LogP contribution in [-0.4, -0.2) is 28.0 Å². The number of nitrogens with zero attached hydrogens (tertiary/aromatic N) is 4. The van der Waals surface area contributed by atoms with E-state index in [4.69, 9.17) is 9.97 Å². The van der Waals surface area contributed by atoms with Crippen LogP contribution in [0.2, 0.25) is 0 Å². The van der Waals surface area contributed by atoms with Crippen LogP contribution in [0.3, 0.4) is 0 Å². The molecule has 1 aliphatic heterocycles. The summed E-state index contributed by atoms with van der Waals surface area (Å²) < 4.78 is 38.0. The minimum absolute atomic E-state index is 0. The fraction of sp³-hybridized carbons (Fsp3) is 0.350. The molecule has 2 aromatic heterocycles. The maximum atomic E-state index is 12.7. The second kappa shape index (κ2) is 8.82. The van der Waals surface area contributed by atoms with Crippen molar-refractivity contribution in [2.45, 2.75) is 32.0 Å². The molecule has 3 heterocycles. The van der Waals surface area contributed by atoms with Gasteiger partial charge in [0.15, 0.2) is 0 Å². The van der Waals surface area contributed by atoms with Crippen LogP contribution in [0.5, 0.6) is 0 Å². The Bertz CT molecular complexity index is 956. The molecule has 1 N–H and O–H groups in total. The Morgan fingerprint density at radius 3 is 2.41 bits per heavy atom. The molecule has 0 spiro atoms. The predicted octanol–water partition coefficient (Wildman–Crippen LogP) is 5.07. The Balaban J connectivity index is 0.00000240. The molecule has 1 aromatic carbocycles. The van der Waals surface area contributed by atoms with Crippen molar-refractivity contribution in [2.24, 2.45) is 0 Å². The van der Waals surface area contributed by atoms with Crippen LogP contribution in [-0.2, 0) is 12.7 Å². The summed E-state index contributed by atoms with van der Waals surface area (Å²) >= 11 is 0. The van der Waals surface area contributed by atoms with Gasteiger partial charge in [-0.3, -0.25) is 4.98 Å². The zero-order valence-electron chi connectivity index (χ0n) is 15.6. The average Bonchev–Trinajstić information content (AvgIpc) is 2.72. The number of aromatic nitrogens is 3. The highest BCUT2D eigenvalue weighted by molar-refractivity contribution is 5.90. The molecule has 4 rings (SSSR count). The maximum absolute atomic E-state index is 12.7. The fourth-order valence-corrected chi connectivity index (χ4v) is 3.32. The van der Waals surface area contributed by atoms with E-state index >= 15 is 0 Å². The topological polar surface area (TPSA) is 53.9 Å². The number of anilines is 2. The van der Waals surface area contributed by atoms with Crippen molar-refractivity contribution >= 4 is 35.1 Å². The van der Waals surface area contributed by atoms with E-state index in [2.05, 4.69) is 15.2 Å². The number of para-hydroxylation sites is 1. The van der Waals surface area contributed by atoms with Gasteiger partial charge in [0.25, 0.3) is 0 Å². The van der Waals surface area contributed by atoms with Crippen LogP contribution in [0, 0.1) is 0 Å². The van der Waals surface area contributed by atoms with E-state index in [9.17, 15) is 13.2 Å². The second-order valence-corrected chi connectivity index (χ2v) is 6.84. The zero-order chi connectivity index (χ0) is 19.6. The number of pyridine rings is 1. The molecule has 0 unspecified atom stereocenters. The van der Waals surface area contributed by atoms with Gasteiger partial charge < -0.3 is 10.2 Å². The first kappa shape index (κ1) is 21.1. The highest BCUT2D eigenvalue weighted by atomic mass is 35.5. The lowest BCUT2D eigenvalue weighted by Crippen LogP contribution is -2.31. The normalized spacial score (nSPS) is 14.5. The van der Waals surface area contributed by atoms with Crippen molar-refractivity contribution < 1.29 is 13.2 Å². The van der Waals surface area contributed by atoms with Crippen molar-refractivity contribution in [3.63, 3.8) is 0 Å². The summed E-state index contributed by atoms with van der Waals surface area (Å²) in [5.41, 5.74) is 0.595. The maximum Gasteiger partial charge on any atom is 0.433 e. The Morgan fingerprint density at radius 1 is 0.966 bits per heavy atom. The van der Waals surface area contributed by atoms with Crippen LogP contribution in [0.1, 0.15) is 30.5 Å². The number of piperidine rings is 1. The molecule has 0 atom stereocenters. The van der Waals surface area contributed by atoms with Crippen molar-refractivity contribution in [3.8, 4) is 0 Å². The number of hydrogen-bond acceptors (Lipinski definition) is 5. The molecule has 5 nitrogen and oxygen atoms in total. The number of rotatable bonds is 4. The summed E-state index contributed by atoms with van der Waals surface area (Å²) in [6.07, 6.45) is 0.269. The van der Waals surface area contributed by atoms with Crippen LogP contribution in [0.25, 0.3) is 10.9 Å². The van der Waals surface area contributed by atoms with Gasteiger partial charge in [0.05, 0.1) is 5.52 Å². The van der Waals surface area contributed by atoms with E-state index < -0.39 is 11.9 Å². The van der Waals surface area contributed by atoms with Gasteiger partial charge in [-0.25, -0.2) is 4.98 Å². The summed E-state index contributed by atoms with van der Waals surface area (Å²) in [5.74, 6) is 1.36. The van der Waals surface area contributed by atoms with E-state index in [1.807, 2.05) is 24.3 Å². The highest BCUT2D eigenvalue weighted by Gasteiger charge is 2.32. The van der Waals surface area contributed by atoms with Gasteiger partial charge in [-0.2, -0.15) is 18.2 Å². The standard InChI is InChI=1S/C20H20F3N5.ClH/c21-20(22,23)17-9-8-14(12-24-17)13-25-18-15-6-2-3-7-16(15)26-19(27-18)28-10-4-1-5-11-28;/h2-3,6-9,12H,1,4-5,10-11,13H2,(H,25,26,27);1H. The summed E-state index contributed by atoms with van der Waals surface area (Å²) in [6.45, 7) is 2.19. The molecule has 0 bridgehead atoms. The van der Waals surface area contributed by atoms with Gasteiger partial charge >= 0.3 is 6.18 Å². The quantitative estimate of drug-likeness (QED) is 0.635. The van der Waals surface area contributed by atoms with E-state index in [0.29, 0.717) is 23.9 Å². The molecule has 3 aromatic rings. The number of nitrogens with one attached hydrogen (secondary N) is 1. The van der Waals surface area contributed by atoms with Crippen LogP contribution >= 0.6 is 12.4 Å². The third kappa shape index (κ3) is 4.87.